The van der Waals surface area contributed by atoms with E-state index < -0.39 is 6.04 Å². The van der Waals surface area contributed by atoms with Gasteiger partial charge in [-0.05, 0) is 43.5 Å². The van der Waals surface area contributed by atoms with Gasteiger partial charge in [0.05, 0.1) is 35.2 Å². The van der Waals surface area contributed by atoms with Crippen LogP contribution in [-0.2, 0) is 9.53 Å². The lowest BCUT2D eigenvalue weighted by molar-refractivity contribution is -0.143. The van der Waals surface area contributed by atoms with E-state index in [9.17, 15) is 9.59 Å². The Labute approximate surface area is 208 Å². The topological polar surface area (TPSA) is 134 Å². The van der Waals surface area contributed by atoms with Crippen LogP contribution in [0.4, 0.5) is 5.82 Å². The Morgan fingerprint density at radius 2 is 2.00 bits per heavy atom. The number of aromatic nitrogens is 2. The number of amides is 1. The van der Waals surface area contributed by atoms with Crippen LogP contribution in [0.3, 0.4) is 0 Å². The smallest absolute Gasteiger partial charge is 0.308 e. The zero-order valence-electron chi connectivity index (χ0n) is 19.4. The highest BCUT2D eigenvalue weighted by Gasteiger charge is 2.24. The summed E-state index contributed by atoms with van der Waals surface area (Å²) in [5, 5.41) is 12.0. The maximum absolute atomic E-state index is 12.9. The van der Waals surface area contributed by atoms with E-state index in [0.29, 0.717) is 32.9 Å². The molecule has 2 aromatic carbocycles. The molecule has 1 aliphatic rings. The summed E-state index contributed by atoms with van der Waals surface area (Å²) < 4.78 is 5.16. The van der Waals surface area contributed by atoms with Crippen molar-refractivity contribution >= 4 is 46.0 Å². The summed E-state index contributed by atoms with van der Waals surface area (Å²) in [5.41, 5.74) is 7.91. The number of carbonyl (C=O) groups is 2. The first-order valence-electron chi connectivity index (χ1n) is 11.5. The van der Waals surface area contributed by atoms with Gasteiger partial charge in [0.2, 0.25) is 0 Å². The molecule has 1 aliphatic heterocycles. The Kier molecular flexibility index (Phi) is 7.45. The van der Waals surface area contributed by atoms with Gasteiger partial charge in [-0.1, -0.05) is 29.8 Å². The zero-order chi connectivity index (χ0) is 24.9. The summed E-state index contributed by atoms with van der Waals surface area (Å²) in [5.74, 6) is -0.104. The lowest BCUT2D eigenvalue weighted by Crippen LogP contribution is -2.27. The van der Waals surface area contributed by atoms with Crippen LogP contribution in [0, 0.1) is 5.41 Å². The summed E-state index contributed by atoms with van der Waals surface area (Å²) in [6.45, 7) is 3.45. The third kappa shape index (κ3) is 5.51. The monoisotopic (exact) mass is 494 g/mol. The van der Waals surface area contributed by atoms with Crippen LogP contribution in [0.15, 0.2) is 42.7 Å². The summed E-state index contributed by atoms with van der Waals surface area (Å²) in [7, 11) is 0. The summed E-state index contributed by atoms with van der Waals surface area (Å²) in [4.78, 5) is 35.8. The molecule has 0 radical (unpaired) electrons. The lowest BCUT2D eigenvalue weighted by Gasteiger charge is -2.21. The Morgan fingerprint density at radius 3 is 2.71 bits per heavy atom. The Hall–Kier alpha value is -3.72. The Morgan fingerprint density at radius 1 is 1.23 bits per heavy atom. The molecule has 9 nitrogen and oxygen atoms in total. The van der Waals surface area contributed by atoms with Gasteiger partial charge in [0.1, 0.15) is 18.0 Å². The SMILES string of the molecule is CCOC(=O)CC(Nc1ncnc2cc(C(=O)N3CCCC3)c(Cl)cc12)c1cccc(C(=N)N)c1. The quantitative estimate of drug-likeness (QED) is 0.245. The van der Waals surface area contributed by atoms with Crippen LogP contribution < -0.4 is 11.1 Å². The first-order chi connectivity index (χ1) is 16.9. The molecule has 0 spiro atoms. The van der Waals surface area contributed by atoms with Crippen LogP contribution in [0.25, 0.3) is 10.9 Å². The summed E-state index contributed by atoms with van der Waals surface area (Å²) in [6, 6.07) is 9.94. The van der Waals surface area contributed by atoms with Crippen LogP contribution >= 0.6 is 11.6 Å². The number of anilines is 1. The number of hydrogen-bond donors (Lipinski definition) is 3. The molecule has 2 heterocycles. The third-order valence-electron chi connectivity index (χ3n) is 5.93. The van der Waals surface area contributed by atoms with Crippen molar-refractivity contribution in [2.75, 3.05) is 25.0 Å². The lowest BCUT2D eigenvalue weighted by atomic mass is 10.0. The maximum atomic E-state index is 12.9. The standard InChI is InChI=1S/C25H27ClN6O3/c1-2-35-22(33)13-20(15-6-5-7-16(10-15)23(27)28)31-24-18-11-19(26)17(12-21(18)29-14-30-24)25(34)32-8-3-4-9-32/h5-7,10-12,14,20H,2-4,8-9,13H2,1H3,(H3,27,28)(H,29,30,31). The number of rotatable bonds is 8. The van der Waals surface area contributed by atoms with E-state index in [1.165, 1.54) is 6.33 Å². The van der Waals surface area contributed by atoms with Crippen molar-refractivity contribution in [1.29, 1.82) is 5.41 Å². The molecule has 1 unspecified atom stereocenters. The molecule has 0 bridgehead atoms. The van der Waals surface area contributed by atoms with Gasteiger partial charge < -0.3 is 20.7 Å². The van der Waals surface area contributed by atoms with Crippen LogP contribution in [0.1, 0.15) is 53.7 Å². The molecule has 4 rings (SSSR count). The molecule has 0 aliphatic carbocycles. The number of benzene rings is 2. The van der Waals surface area contributed by atoms with E-state index in [0.717, 1.165) is 31.5 Å². The number of ether oxygens (including phenoxy) is 1. The normalized spacial score (nSPS) is 14.1. The number of likely N-dealkylation sites (tertiary alicyclic amines) is 1. The van der Waals surface area contributed by atoms with Crippen molar-refractivity contribution in [2.45, 2.75) is 32.2 Å². The van der Waals surface area contributed by atoms with E-state index in [2.05, 4.69) is 15.3 Å². The minimum absolute atomic E-state index is 0.0277. The Bertz CT molecular complexity index is 1280. The first-order valence-corrected chi connectivity index (χ1v) is 11.8. The molecular formula is C25H27ClN6O3. The van der Waals surface area contributed by atoms with E-state index in [1.807, 2.05) is 6.07 Å². The molecule has 35 heavy (non-hydrogen) atoms. The van der Waals surface area contributed by atoms with Gasteiger partial charge in [0, 0.05) is 24.0 Å². The fourth-order valence-electron chi connectivity index (χ4n) is 4.17. The average Bonchev–Trinajstić information content (AvgIpc) is 3.38. The highest BCUT2D eigenvalue weighted by atomic mass is 35.5. The second kappa shape index (κ2) is 10.7. The van der Waals surface area contributed by atoms with Crippen LogP contribution in [-0.4, -0.2) is 52.3 Å². The first kappa shape index (κ1) is 24.4. The number of nitrogens with one attached hydrogen (secondary N) is 2. The molecule has 1 atom stereocenters. The molecule has 0 saturated carbocycles. The van der Waals surface area contributed by atoms with Gasteiger partial charge in [0.25, 0.3) is 5.91 Å². The van der Waals surface area contributed by atoms with E-state index in [4.69, 9.17) is 27.5 Å². The van der Waals surface area contributed by atoms with E-state index in [1.54, 1.807) is 42.2 Å². The van der Waals surface area contributed by atoms with Crippen molar-refractivity contribution in [3.63, 3.8) is 0 Å². The summed E-state index contributed by atoms with van der Waals surface area (Å²) in [6.07, 6.45) is 3.40. The second-order valence-corrected chi connectivity index (χ2v) is 8.72. The number of nitrogens with zero attached hydrogens (tertiary/aromatic N) is 3. The minimum atomic E-state index is -0.517. The summed E-state index contributed by atoms with van der Waals surface area (Å²) >= 11 is 6.54. The number of nitrogen functional groups attached to an aromatic ring is 1. The molecule has 1 amide bonds. The minimum Gasteiger partial charge on any atom is -0.466 e. The highest BCUT2D eigenvalue weighted by Crippen LogP contribution is 2.31. The maximum Gasteiger partial charge on any atom is 0.308 e. The molecule has 3 aromatic rings. The van der Waals surface area contributed by atoms with E-state index in [-0.39, 0.29) is 30.7 Å². The van der Waals surface area contributed by atoms with Gasteiger partial charge in [-0.15, -0.1) is 0 Å². The predicted molar refractivity (Wildman–Crippen MR) is 135 cm³/mol. The van der Waals surface area contributed by atoms with Crippen LogP contribution in [0.5, 0.6) is 0 Å². The van der Waals surface area contributed by atoms with Crippen molar-refractivity contribution in [1.82, 2.24) is 14.9 Å². The highest BCUT2D eigenvalue weighted by molar-refractivity contribution is 6.34. The van der Waals surface area contributed by atoms with Crippen molar-refractivity contribution < 1.29 is 14.3 Å². The van der Waals surface area contributed by atoms with Crippen molar-refractivity contribution in [3.8, 4) is 0 Å². The van der Waals surface area contributed by atoms with Gasteiger partial charge >= 0.3 is 5.97 Å². The van der Waals surface area contributed by atoms with Gasteiger partial charge in [-0.25, -0.2) is 9.97 Å². The number of halogens is 1. The molecule has 10 heteroatoms. The number of amidine groups is 1. The molecule has 1 fully saturated rings. The predicted octanol–water partition coefficient (Wildman–Crippen LogP) is 3.91. The van der Waals surface area contributed by atoms with Gasteiger partial charge in [0.15, 0.2) is 0 Å². The number of carbonyl (C=O) groups excluding carboxylic acids is 2. The average molecular weight is 495 g/mol. The number of hydrogen-bond acceptors (Lipinski definition) is 7. The largest absolute Gasteiger partial charge is 0.466 e. The molecule has 182 valence electrons. The number of fused-ring (bicyclic) bond motifs is 1. The number of esters is 1. The fraction of sp³-hybridized carbons (Fsp3) is 0.320. The zero-order valence-corrected chi connectivity index (χ0v) is 20.1. The van der Waals surface area contributed by atoms with E-state index >= 15 is 0 Å². The van der Waals surface area contributed by atoms with Gasteiger partial charge in [-0.3, -0.25) is 15.0 Å². The number of nitrogens with two attached hydrogens (primary N) is 1. The van der Waals surface area contributed by atoms with Crippen molar-refractivity contribution in [3.05, 3.63) is 64.4 Å². The fourth-order valence-corrected chi connectivity index (χ4v) is 4.42. The molecular weight excluding hydrogens is 468 g/mol. The van der Waals surface area contributed by atoms with Crippen molar-refractivity contribution in [2.24, 2.45) is 5.73 Å². The van der Waals surface area contributed by atoms with Gasteiger partial charge in [-0.2, -0.15) is 0 Å². The third-order valence-corrected chi connectivity index (χ3v) is 6.25. The molecule has 4 N–H and O–H groups in total. The molecule has 1 aromatic heterocycles. The second-order valence-electron chi connectivity index (χ2n) is 8.32. The molecule has 1 saturated heterocycles. The van der Waals surface area contributed by atoms with Crippen LogP contribution in [0.2, 0.25) is 5.02 Å². The Balaban J connectivity index is 1.70.